The minimum Gasteiger partial charge on any atom is -0.354 e. The highest BCUT2D eigenvalue weighted by atomic mass is 15.3. The molecule has 0 unspecified atom stereocenters. The number of rotatable bonds is 6. The van der Waals surface area contributed by atoms with Gasteiger partial charge >= 0.3 is 0 Å². The van der Waals surface area contributed by atoms with Crippen LogP contribution in [-0.2, 0) is 13.1 Å². The van der Waals surface area contributed by atoms with Gasteiger partial charge in [-0.15, -0.1) is 0 Å². The van der Waals surface area contributed by atoms with Crippen LogP contribution in [0.5, 0.6) is 0 Å². The van der Waals surface area contributed by atoms with E-state index in [1.807, 2.05) is 6.92 Å². The van der Waals surface area contributed by atoms with Crippen LogP contribution in [-0.4, -0.2) is 41.0 Å². The van der Waals surface area contributed by atoms with Crippen LogP contribution in [0.1, 0.15) is 22.4 Å². The van der Waals surface area contributed by atoms with E-state index in [1.54, 1.807) is 0 Å². The average Bonchev–Trinajstić information content (AvgIpc) is 2.74. The topological polar surface area (TPSA) is 44.3 Å². The molecule has 2 heterocycles. The molecule has 150 valence electrons. The summed E-state index contributed by atoms with van der Waals surface area (Å²) in [5.74, 6) is 1.72. The monoisotopic (exact) mass is 387 g/mol. The molecular weight excluding hydrogens is 358 g/mol. The number of aromatic nitrogens is 2. The average molecular weight is 388 g/mol. The number of piperazine rings is 1. The highest BCUT2D eigenvalue weighted by molar-refractivity contribution is 5.45. The van der Waals surface area contributed by atoms with E-state index in [-0.39, 0.29) is 0 Å². The van der Waals surface area contributed by atoms with Crippen LogP contribution in [0.2, 0.25) is 0 Å². The van der Waals surface area contributed by atoms with E-state index in [9.17, 15) is 0 Å². The third kappa shape index (κ3) is 5.12. The summed E-state index contributed by atoms with van der Waals surface area (Å²) in [7, 11) is 0. The van der Waals surface area contributed by atoms with Crippen molar-refractivity contribution in [2.24, 2.45) is 0 Å². The van der Waals surface area contributed by atoms with Crippen molar-refractivity contribution in [1.29, 1.82) is 0 Å². The van der Waals surface area contributed by atoms with Crippen molar-refractivity contribution in [2.75, 3.05) is 36.4 Å². The molecule has 0 bridgehead atoms. The zero-order valence-electron chi connectivity index (χ0n) is 17.3. The molecule has 0 atom stereocenters. The summed E-state index contributed by atoms with van der Waals surface area (Å²) in [4.78, 5) is 14.3. The fourth-order valence-corrected chi connectivity index (χ4v) is 3.75. The summed E-state index contributed by atoms with van der Waals surface area (Å²) in [6, 6.07) is 21.2. The van der Waals surface area contributed by atoms with E-state index < -0.39 is 0 Å². The van der Waals surface area contributed by atoms with Crippen molar-refractivity contribution < 1.29 is 0 Å². The Balaban J connectivity index is 1.37. The minimum atomic E-state index is 0.704. The van der Waals surface area contributed by atoms with Gasteiger partial charge in [0, 0.05) is 51.0 Å². The van der Waals surface area contributed by atoms with Crippen LogP contribution < -0.4 is 10.2 Å². The maximum atomic E-state index is 4.80. The quantitative estimate of drug-likeness (QED) is 0.692. The summed E-state index contributed by atoms with van der Waals surface area (Å²) in [5.41, 5.74) is 4.92. The second-order valence-corrected chi connectivity index (χ2v) is 7.72. The SMILES string of the molecule is Cc1cc(N2CCN(Cc3ccccc3)CC2)nc(NCc2ccccc2C)n1. The van der Waals surface area contributed by atoms with Crippen LogP contribution in [0, 0.1) is 13.8 Å². The van der Waals surface area contributed by atoms with Crippen LogP contribution in [0.4, 0.5) is 11.8 Å². The third-order valence-corrected chi connectivity index (χ3v) is 5.48. The molecule has 0 amide bonds. The molecule has 5 nitrogen and oxygen atoms in total. The smallest absolute Gasteiger partial charge is 0.225 e. The lowest BCUT2D eigenvalue weighted by Gasteiger charge is -2.35. The molecule has 1 saturated heterocycles. The van der Waals surface area contributed by atoms with Crippen molar-refractivity contribution in [3.63, 3.8) is 0 Å². The van der Waals surface area contributed by atoms with Crippen LogP contribution >= 0.6 is 0 Å². The lowest BCUT2D eigenvalue weighted by atomic mass is 10.1. The Bertz CT molecular complexity index is 933. The fourth-order valence-electron chi connectivity index (χ4n) is 3.75. The normalized spacial score (nSPS) is 14.8. The first kappa shape index (κ1) is 19.4. The summed E-state index contributed by atoms with van der Waals surface area (Å²) in [6.45, 7) is 9.99. The second kappa shape index (κ2) is 9.05. The molecule has 1 aliphatic heterocycles. The highest BCUT2D eigenvalue weighted by Gasteiger charge is 2.19. The minimum absolute atomic E-state index is 0.704. The molecule has 0 radical (unpaired) electrons. The Labute approximate surface area is 173 Å². The number of hydrogen-bond acceptors (Lipinski definition) is 5. The lowest BCUT2D eigenvalue weighted by molar-refractivity contribution is 0.249. The zero-order valence-corrected chi connectivity index (χ0v) is 17.3. The Kier molecular flexibility index (Phi) is 6.06. The molecule has 29 heavy (non-hydrogen) atoms. The molecule has 5 heteroatoms. The summed E-state index contributed by atoms with van der Waals surface area (Å²) in [6.07, 6.45) is 0. The lowest BCUT2D eigenvalue weighted by Crippen LogP contribution is -2.46. The number of hydrogen-bond donors (Lipinski definition) is 1. The first-order chi connectivity index (χ1) is 14.2. The number of benzene rings is 2. The van der Waals surface area contributed by atoms with Crippen molar-refractivity contribution in [3.05, 3.63) is 83.0 Å². The van der Waals surface area contributed by atoms with Crippen molar-refractivity contribution in [2.45, 2.75) is 26.9 Å². The molecule has 1 aliphatic rings. The predicted octanol–water partition coefficient (Wildman–Crippen LogP) is 4.03. The van der Waals surface area contributed by atoms with Gasteiger partial charge in [0.15, 0.2) is 0 Å². The van der Waals surface area contributed by atoms with E-state index in [0.29, 0.717) is 5.95 Å². The Hall–Kier alpha value is -2.92. The number of anilines is 2. The Morgan fingerprint density at radius 1 is 0.862 bits per heavy atom. The van der Waals surface area contributed by atoms with E-state index in [4.69, 9.17) is 4.98 Å². The Morgan fingerprint density at radius 3 is 2.34 bits per heavy atom. The summed E-state index contributed by atoms with van der Waals surface area (Å²) >= 11 is 0. The van der Waals surface area contributed by atoms with E-state index in [1.165, 1.54) is 16.7 Å². The van der Waals surface area contributed by atoms with Gasteiger partial charge in [-0.2, -0.15) is 4.98 Å². The Morgan fingerprint density at radius 2 is 1.59 bits per heavy atom. The van der Waals surface area contributed by atoms with Crippen LogP contribution in [0.15, 0.2) is 60.7 Å². The van der Waals surface area contributed by atoms with Crippen LogP contribution in [0.25, 0.3) is 0 Å². The van der Waals surface area contributed by atoms with Gasteiger partial charge < -0.3 is 10.2 Å². The van der Waals surface area contributed by atoms with Gasteiger partial charge in [0.25, 0.3) is 0 Å². The molecule has 1 N–H and O–H groups in total. The van der Waals surface area contributed by atoms with Gasteiger partial charge in [0.1, 0.15) is 5.82 Å². The number of aryl methyl sites for hydroxylation is 2. The molecule has 3 aromatic rings. The zero-order chi connectivity index (χ0) is 20.1. The van der Waals surface area contributed by atoms with Gasteiger partial charge in [-0.3, -0.25) is 4.90 Å². The van der Waals surface area contributed by atoms with E-state index in [2.05, 4.69) is 87.7 Å². The standard InChI is InChI=1S/C24H29N5/c1-19-8-6-7-11-22(19)17-25-24-26-20(2)16-23(27-24)29-14-12-28(13-15-29)18-21-9-4-3-5-10-21/h3-11,16H,12-15,17-18H2,1-2H3,(H,25,26,27). The van der Waals surface area contributed by atoms with Gasteiger partial charge in [-0.05, 0) is 30.5 Å². The second-order valence-electron chi connectivity index (χ2n) is 7.72. The van der Waals surface area contributed by atoms with Crippen molar-refractivity contribution >= 4 is 11.8 Å². The first-order valence-corrected chi connectivity index (χ1v) is 10.3. The molecular formula is C24H29N5. The summed E-state index contributed by atoms with van der Waals surface area (Å²) < 4.78 is 0. The maximum absolute atomic E-state index is 4.80. The van der Waals surface area contributed by atoms with Crippen LogP contribution in [0.3, 0.4) is 0 Å². The molecule has 1 aromatic heterocycles. The molecule has 2 aromatic carbocycles. The van der Waals surface area contributed by atoms with Crippen molar-refractivity contribution in [1.82, 2.24) is 14.9 Å². The molecule has 0 spiro atoms. The fraction of sp³-hybridized carbons (Fsp3) is 0.333. The van der Waals surface area contributed by atoms with Crippen molar-refractivity contribution in [3.8, 4) is 0 Å². The molecule has 4 rings (SSSR count). The van der Waals surface area contributed by atoms with Gasteiger partial charge in [0.2, 0.25) is 5.95 Å². The van der Waals surface area contributed by atoms with Gasteiger partial charge in [-0.1, -0.05) is 54.6 Å². The molecule has 0 saturated carbocycles. The van der Waals surface area contributed by atoms with E-state index in [0.717, 1.165) is 50.8 Å². The predicted molar refractivity (Wildman–Crippen MR) is 119 cm³/mol. The molecule has 1 fully saturated rings. The maximum Gasteiger partial charge on any atom is 0.225 e. The van der Waals surface area contributed by atoms with Gasteiger partial charge in [0.05, 0.1) is 0 Å². The largest absolute Gasteiger partial charge is 0.354 e. The molecule has 0 aliphatic carbocycles. The third-order valence-electron chi connectivity index (χ3n) is 5.48. The first-order valence-electron chi connectivity index (χ1n) is 10.3. The number of nitrogens with zero attached hydrogens (tertiary/aromatic N) is 4. The van der Waals surface area contributed by atoms with Gasteiger partial charge in [-0.25, -0.2) is 4.98 Å². The summed E-state index contributed by atoms with van der Waals surface area (Å²) in [5, 5.41) is 3.40. The highest BCUT2D eigenvalue weighted by Crippen LogP contribution is 2.19. The number of nitrogens with one attached hydrogen (secondary N) is 1. The van der Waals surface area contributed by atoms with E-state index >= 15 is 0 Å².